The van der Waals surface area contributed by atoms with Gasteiger partial charge in [-0.15, -0.1) is 11.3 Å². The van der Waals surface area contributed by atoms with Gasteiger partial charge in [-0.05, 0) is 44.8 Å². The van der Waals surface area contributed by atoms with Crippen molar-refractivity contribution in [3.8, 4) is 0 Å². The number of piperidine rings is 1. The number of hydrogen-bond donors (Lipinski definition) is 1. The summed E-state index contributed by atoms with van der Waals surface area (Å²) in [4.78, 5) is 7.43. The minimum absolute atomic E-state index is 0.170. The van der Waals surface area contributed by atoms with Gasteiger partial charge in [0.15, 0.2) is 0 Å². The fourth-order valence-electron chi connectivity index (χ4n) is 2.86. The lowest BCUT2D eigenvalue weighted by molar-refractivity contribution is 0.165. The third-order valence-electron chi connectivity index (χ3n) is 4.14. The molecule has 0 amide bonds. The maximum absolute atomic E-state index is 4.84. The van der Waals surface area contributed by atoms with Crippen LogP contribution >= 0.6 is 11.3 Å². The molecule has 21 heavy (non-hydrogen) atoms. The van der Waals surface area contributed by atoms with Crippen molar-refractivity contribution < 1.29 is 0 Å². The van der Waals surface area contributed by atoms with E-state index < -0.39 is 0 Å². The summed E-state index contributed by atoms with van der Waals surface area (Å²) >= 11 is 1.82. The normalized spacial score (nSPS) is 20.9. The Hall–Kier alpha value is -0.450. The molecular formula is C17H31N3S. The molecule has 1 aliphatic heterocycles. The monoisotopic (exact) mass is 309 g/mol. The molecule has 0 radical (unpaired) electrons. The Morgan fingerprint density at radius 1 is 1.43 bits per heavy atom. The van der Waals surface area contributed by atoms with Crippen molar-refractivity contribution in [2.45, 2.75) is 58.9 Å². The molecule has 2 rings (SSSR count). The molecule has 1 fully saturated rings. The average Bonchev–Trinajstić information content (AvgIpc) is 2.88. The second-order valence-corrected chi connectivity index (χ2v) is 8.27. The van der Waals surface area contributed by atoms with Crippen LogP contribution in [0.3, 0.4) is 0 Å². The van der Waals surface area contributed by atoms with E-state index in [1.54, 1.807) is 0 Å². The first-order valence-electron chi connectivity index (χ1n) is 8.37. The van der Waals surface area contributed by atoms with E-state index in [-0.39, 0.29) is 5.41 Å². The van der Waals surface area contributed by atoms with Crippen molar-refractivity contribution in [2.24, 2.45) is 5.92 Å². The molecule has 120 valence electrons. The number of hydrogen-bond acceptors (Lipinski definition) is 4. The Morgan fingerprint density at radius 2 is 2.24 bits per heavy atom. The predicted molar refractivity (Wildman–Crippen MR) is 92.0 cm³/mol. The van der Waals surface area contributed by atoms with Crippen LogP contribution in [-0.2, 0) is 12.0 Å². The fourth-order valence-corrected chi connectivity index (χ4v) is 3.93. The van der Waals surface area contributed by atoms with Crippen LogP contribution < -0.4 is 5.32 Å². The molecule has 1 aromatic rings. The fraction of sp³-hybridized carbons (Fsp3) is 0.824. The van der Waals surface area contributed by atoms with Crippen LogP contribution in [0.1, 0.15) is 57.7 Å². The van der Waals surface area contributed by atoms with Gasteiger partial charge in [0, 0.05) is 17.3 Å². The van der Waals surface area contributed by atoms with Crippen molar-refractivity contribution >= 4 is 11.3 Å². The van der Waals surface area contributed by atoms with Crippen LogP contribution in [0.5, 0.6) is 0 Å². The van der Waals surface area contributed by atoms with Gasteiger partial charge in [-0.3, -0.25) is 4.90 Å². The molecule has 0 aliphatic carbocycles. The van der Waals surface area contributed by atoms with Gasteiger partial charge in [-0.25, -0.2) is 4.98 Å². The molecule has 1 N–H and O–H groups in total. The summed E-state index contributed by atoms with van der Waals surface area (Å²) < 4.78 is 0. The van der Waals surface area contributed by atoms with Gasteiger partial charge in [0.1, 0.15) is 5.01 Å². The number of likely N-dealkylation sites (tertiary alicyclic amines) is 1. The summed E-state index contributed by atoms with van der Waals surface area (Å²) in [5.74, 6) is 0.812. The summed E-state index contributed by atoms with van der Waals surface area (Å²) in [5.41, 5.74) is 1.41. The lowest BCUT2D eigenvalue weighted by atomic mass is 9.93. The highest BCUT2D eigenvalue weighted by Gasteiger charge is 2.22. The molecule has 4 heteroatoms. The van der Waals surface area contributed by atoms with E-state index in [4.69, 9.17) is 4.98 Å². The number of nitrogens with zero attached hydrogens (tertiary/aromatic N) is 2. The highest BCUT2D eigenvalue weighted by atomic mass is 32.1. The van der Waals surface area contributed by atoms with E-state index in [1.165, 1.54) is 49.6 Å². The largest absolute Gasteiger partial charge is 0.316 e. The van der Waals surface area contributed by atoms with E-state index >= 15 is 0 Å². The van der Waals surface area contributed by atoms with Gasteiger partial charge in [-0.2, -0.15) is 0 Å². The van der Waals surface area contributed by atoms with Crippen LogP contribution in [0, 0.1) is 5.92 Å². The molecule has 0 aromatic carbocycles. The molecule has 3 nitrogen and oxygen atoms in total. The third-order valence-corrected chi connectivity index (χ3v) is 4.98. The Balaban J connectivity index is 1.83. The smallest absolute Gasteiger partial charge is 0.107 e. The SMILES string of the molecule is CCCNCC1CCCN(Cc2nc(C(C)(C)C)cs2)C1. The first kappa shape index (κ1) is 16.9. The summed E-state index contributed by atoms with van der Waals surface area (Å²) in [5, 5.41) is 7.09. The molecule has 1 atom stereocenters. The van der Waals surface area contributed by atoms with Crippen LogP contribution in [0.25, 0.3) is 0 Å². The van der Waals surface area contributed by atoms with Crippen molar-refractivity contribution in [3.63, 3.8) is 0 Å². The third kappa shape index (κ3) is 5.35. The number of nitrogens with one attached hydrogen (secondary N) is 1. The zero-order valence-electron chi connectivity index (χ0n) is 14.1. The predicted octanol–water partition coefficient (Wildman–Crippen LogP) is 3.65. The number of thiazole rings is 1. The summed E-state index contributed by atoms with van der Waals surface area (Å²) in [7, 11) is 0. The zero-order chi connectivity index (χ0) is 15.3. The highest BCUT2D eigenvalue weighted by Crippen LogP contribution is 2.25. The summed E-state index contributed by atoms with van der Waals surface area (Å²) in [6.45, 7) is 14.8. The van der Waals surface area contributed by atoms with Gasteiger partial charge in [0.05, 0.1) is 12.2 Å². The maximum atomic E-state index is 4.84. The van der Waals surface area contributed by atoms with Crippen molar-refractivity contribution in [3.05, 3.63) is 16.1 Å². The van der Waals surface area contributed by atoms with Crippen molar-refractivity contribution in [1.82, 2.24) is 15.2 Å². The standard InChI is InChI=1S/C17H31N3S/c1-5-8-18-10-14-7-6-9-20(11-14)12-16-19-15(13-21-16)17(2,3)4/h13-14,18H,5-12H2,1-4H3. The topological polar surface area (TPSA) is 28.2 Å². The van der Waals surface area contributed by atoms with Crippen molar-refractivity contribution in [2.75, 3.05) is 26.2 Å². The average molecular weight is 310 g/mol. The second-order valence-electron chi connectivity index (χ2n) is 7.32. The molecule has 0 spiro atoms. The van der Waals surface area contributed by atoms with Gasteiger partial charge < -0.3 is 5.32 Å². The summed E-state index contributed by atoms with van der Waals surface area (Å²) in [6.07, 6.45) is 3.93. The van der Waals surface area contributed by atoms with E-state index in [0.717, 1.165) is 19.0 Å². The molecule has 2 heterocycles. The van der Waals surface area contributed by atoms with E-state index in [2.05, 4.69) is 43.3 Å². The Labute approximate surface area is 134 Å². The second kappa shape index (κ2) is 7.70. The molecule has 0 saturated carbocycles. The van der Waals surface area contributed by atoms with Crippen LogP contribution in [0.2, 0.25) is 0 Å². The molecular weight excluding hydrogens is 278 g/mol. The van der Waals surface area contributed by atoms with E-state index in [9.17, 15) is 0 Å². The van der Waals surface area contributed by atoms with E-state index in [0.29, 0.717) is 0 Å². The lowest BCUT2D eigenvalue weighted by Crippen LogP contribution is -2.39. The van der Waals surface area contributed by atoms with Gasteiger partial charge in [-0.1, -0.05) is 27.7 Å². The van der Waals surface area contributed by atoms with Crippen molar-refractivity contribution in [1.29, 1.82) is 0 Å². The Morgan fingerprint density at radius 3 is 2.90 bits per heavy atom. The molecule has 0 bridgehead atoms. The van der Waals surface area contributed by atoms with E-state index in [1.807, 2.05) is 11.3 Å². The summed E-state index contributed by atoms with van der Waals surface area (Å²) in [6, 6.07) is 0. The molecule has 1 aromatic heterocycles. The quantitative estimate of drug-likeness (QED) is 0.813. The molecule has 1 aliphatic rings. The number of aromatic nitrogens is 1. The first-order chi connectivity index (χ1) is 9.99. The van der Waals surface area contributed by atoms with Crippen LogP contribution in [-0.4, -0.2) is 36.1 Å². The Bertz CT molecular complexity index is 422. The molecule has 1 unspecified atom stereocenters. The van der Waals surface area contributed by atoms with Gasteiger partial charge >= 0.3 is 0 Å². The van der Waals surface area contributed by atoms with Crippen LogP contribution in [0.15, 0.2) is 5.38 Å². The maximum Gasteiger partial charge on any atom is 0.107 e. The Kier molecular flexibility index (Phi) is 6.20. The highest BCUT2D eigenvalue weighted by molar-refractivity contribution is 7.09. The van der Waals surface area contributed by atoms with Crippen LogP contribution in [0.4, 0.5) is 0 Å². The minimum atomic E-state index is 0.170. The molecule has 1 saturated heterocycles. The van der Waals surface area contributed by atoms with Gasteiger partial charge in [0.2, 0.25) is 0 Å². The first-order valence-corrected chi connectivity index (χ1v) is 9.25. The zero-order valence-corrected chi connectivity index (χ0v) is 14.9. The minimum Gasteiger partial charge on any atom is -0.316 e. The van der Waals surface area contributed by atoms with Gasteiger partial charge in [0.25, 0.3) is 0 Å². The number of rotatable bonds is 6. The lowest BCUT2D eigenvalue weighted by Gasteiger charge is -2.32.